The molecule has 9 nitrogen and oxygen atoms in total. The van der Waals surface area contributed by atoms with Gasteiger partial charge in [0, 0.05) is 33.4 Å². The summed E-state index contributed by atoms with van der Waals surface area (Å²) in [4.78, 5) is 38.2. The van der Waals surface area contributed by atoms with E-state index in [1.807, 2.05) is 0 Å². The van der Waals surface area contributed by atoms with Gasteiger partial charge >= 0.3 is 12.2 Å². The lowest BCUT2D eigenvalue weighted by molar-refractivity contribution is -0.918. The van der Waals surface area contributed by atoms with Crippen LogP contribution in [0.5, 0.6) is 0 Å². The Morgan fingerprint density at radius 3 is 1.80 bits per heavy atom. The predicted molar refractivity (Wildman–Crippen MR) is 173 cm³/mol. The van der Waals surface area contributed by atoms with Crippen molar-refractivity contribution in [2.75, 3.05) is 53.6 Å². The van der Waals surface area contributed by atoms with Crippen molar-refractivity contribution >= 4 is 18.1 Å². The number of quaternary nitrogens is 1. The number of nitrogens with zero attached hydrogens (tertiary/aromatic N) is 2. The first-order chi connectivity index (χ1) is 20.8. The van der Waals surface area contributed by atoms with E-state index in [1.165, 1.54) is 109 Å². The molecule has 1 rings (SSSR count). The zero-order valence-electron chi connectivity index (χ0n) is 28.8. The van der Waals surface area contributed by atoms with E-state index in [1.54, 1.807) is 0 Å². The minimum Gasteiger partial charge on any atom is -1.00 e. The van der Waals surface area contributed by atoms with Crippen molar-refractivity contribution in [1.29, 1.82) is 0 Å². The van der Waals surface area contributed by atoms with Crippen molar-refractivity contribution in [3.05, 3.63) is 0 Å². The molecule has 10 heteroatoms. The summed E-state index contributed by atoms with van der Waals surface area (Å²) in [5.41, 5.74) is 0. The Morgan fingerprint density at radius 1 is 0.818 bits per heavy atom. The van der Waals surface area contributed by atoms with Crippen LogP contribution in [0.15, 0.2) is 0 Å². The number of imide groups is 1. The van der Waals surface area contributed by atoms with Crippen molar-refractivity contribution in [2.24, 2.45) is 0 Å². The van der Waals surface area contributed by atoms with Gasteiger partial charge in [0.15, 0.2) is 0 Å². The summed E-state index contributed by atoms with van der Waals surface area (Å²) in [6.07, 6.45) is 21.3. The zero-order chi connectivity index (χ0) is 31.8. The zero-order valence-corrected chi connectivity index (χ0v) is 31.0. The number of likely N-dealkylation sites (N-methyl/N-ethyl adjacent to an activating group) is 1. The number of rotatable bonds is 25. The molecule has 1 N–H and O–H groups in total. The van der Waals surface area contributed by atoms with Gasteiger partial charge in [-0.25, -0.2) is 14.5 Å². The van der Waals surface area contributed by atoms with E-state index in [2.05, 4.69) is 26.2 Å². The number of hydrogen-bond acceptors (Lipinski definition) is 6. The van der Waals surface area contributed by atoms with Crippen molar-refractivity contribution < 1.29 is 57.1 Å². The van der Waals surface area contributed by atoms with Crippen molar-refractivity contribution in [3.63, 3.8) is 0 Å². The van der Waals surface area contributed by atoms with Crippen molar-refractivity contribution in [3.8, 4) is 0 Å². The predicted octanol–water partition coefficient (Wildman–Crippen LogP) is 4.61. The second-order valence-electron chi connectivity index (χ2n) is 12.7. The van der Waals surface area contributed by atoms with Crippen LogP contribution in [-0.4, -0.2) is 93.2 Å². The van der Waals surface area contributed by atoms with Gasteiger partial charge in [-0.2, -0.15) is 0 Å². The van der Waals surface area contributed by atoms with Gasteiger partial charge in [-0.05, 0) is 13.3 Å². The molecule has 0 aromatic rings. The van der Waals surface area contributed by atoms with E-state index in [0.717, 1.165) is 43.3 Å². The molecule has 260 valence electrons. The third-order valence-electron chi connectivity index (χ3n) is 9.23. The van der Waals surface area contributed by atoms with Crippen LogP contribution in [0.2, 0.25) is 0 Å². The summed E-state index contributed by atoms with van der Waals surface area (Å²) in [5, 5.41) is 2.78. The lowest BCUT2D eigenvalue weighted by Crippen LogP contribution is -3.00. The molecule has 44 heavy (non-hydrogen) atoms. The number of halogens is 1. The maximum Gasteiger partial charge on any atom is 0.416 e. The number of methoxy groups -OCH3 is 1. The molecular formula is C34H66IN3O6. The lowest BCUT2D eigenvalue weighted by Gasteiger charge is -2.37. The van der Waals surface area contributed by atoms with Crippen molar-refractivity contribution in [1.82, 2.24) is 10.2 Å². The van der Waals surface area contributed by atoms with Crippen LogP contribution in [-0.2, 0) is 19.0 Å². The molecular weight excluding hydrogens is 673 g/mol. The van der Waals surface area contributed by atoms with Gasteiger partial charge in [0.05, 0.1) is 26.7 Å². The molecule has 1 aliphatic heterocycles. The molecule has 1 fully saturated rings. The molecule has 3 unspecified atom stereocenters. The standard InChI is InChI=1S/C34H65N3O6.HI/c1-6-8-9-10-11-12-13-14-15-16-17-18-19-20-21-22-25-35-33(39)42-28-32(41-5)29-43-34(40)36(30(3)38)27-31-24-23-26-37(31,4)7-2;/h31-32H,6-29H2,1-5H3;1H. The molecule has 3 atom stereocenters. The van der Waals surface area contributed by atoms with E-state index >= 15 is 0 Å². The summed E-state index contributed by atoms with van der Waals surface area (Å²) in [6, 6.07) is 0.209. The monoisotopic (exact) mass is 739 g/mol. The molecule has 0 saturated carbocycles. The van der Waals surface area contributed by atoms with E-state index in [-0.39, 0.29) is 49.1 Å². The summed E-state index contributed by atoms with van der Waals surface area (Å²) in [7, 11) is 3.65. The van der Waals surface area contributed by atoms with Gasteiger partial charge in [0.1, 0.15) is 25.4 Å². The van der Waals surface area contributed by atoms with E-state index in [9.17, 15) is 14.4 Å². The third-order valence-corrected chi connectivity index (χ3v) is 9.23. The number of ether oxygens (including phenoxy) is 3. The van der Waals surface area contributed by atoms with E-state index in [0.29, 0.717) is 13.1 Å². The van der Waals surface area contributed by atoms with Crippen LogP contribution in [0, 0.1) is 0 Å². The largest absolute Gasteiger partial charge is 1.00 e. The average Bonchev–Trinajstić information content (AvgIpc) is 3.37. The number of carbonyl (C=O) groups excluding carboxylic acids is 3. The molecule has 1 saturated heterocycles. The normalized spacial score (nSPS) is 18.3. The van der Waals surface area contributed by atoms with Crippen LogP contribution in [0.1, 0.15) is 136 Å². The number of hydrogen-bond donors (Lipinski definition) is 1. The van der Waals surface area contributed by atoms with Gasteiger partial charge < -0.3 is 48.0 Å². The third kappa shape index (κ3) is 19.4. The van der Waals surface area contributed by atoms with Crippen LogP contribution in [0.25, 0.3) is 0 Å². The average molecular weight is 740 g/mol. The summed E-state index contributed by atoms with van der Waals surface area (Å²) in [5.74, 6) is -0.335. The fourth-order valence-electron chi connectivity index (χ4n) is 5.94. The van der Waals surface area contributed by atoms with Gasteiger partial charge in [-0.15, -0.1) is 0 Å². The fraction of sp³-hybridized carbons (Fsp3) is 0.912. The van der Waals surface area contributed by atoms with E-state index < -0.39 is 18.3 Å². The Hall–Kier alpha value is -1.14. The molecule has 0 aromatic carbocycles. The maximum atomic E-state index is 12.7. The number of nitrogens with one attached hydrogen (secondary N) is 1. The summed E-state index contributed by atoms with van der Waals surface area (Å²) in [6.45, 7) is 8.57. The second-order valence-corrected chi connectivity index (χ2v) is 12.7. The summed E-state index contributed by atoms with van der Waals surface area (Å²) < 4.78 is 16.8. The Balaban J connectivity index is 0.0000185. The van der Waals surface area contributed by atoms with Gasteiger partial charge in [-0.1, -0.05) is 103 Å². The highest BCUT2D eigenvalue weighted by molar-refractivity contribution is 5.90. The minimum absolute atomic E-state index is 0. The highest BCUT2D eigenvalue weighted by atomic mass is 127. The van der Waals surface area contributed by atoms with Gasteiger partial charge in [0.2, 0.25) is 5.91 Å². The SMILES string of the molecule is CCCCCCCCCCCCCCCCCCNC(=O)OCC(COC(=O)N(CC1CCC[N+]1(C)CC)C(C)=O)OC.[I-]. The molecule has 0 aliphatic carbocycles. The summed E-state index contributed by atoms with van der Waals surface area (Å²) >= 11 is 0. The molecule has 0 spiro atoms. The molecule has 1 aliphatic rings. The first kappa shape index (κ1) is 42.9. The maximum absolute atomic E-state index is 12.7. The number of alkyl carbamates (subject to hydrolysis) is 1. The Morgan fingerprint density at radius 2 is 1.32 bits per heavy atom. The molecule has 0 bridgehead atoms. The second kappa shape index (κ2) is 27.0. The van der Waals surface area contributed by atoms with Crippen LogP contribution >= 0.6 is 0 Å². The Bertz CT molecular complexity index is 759. The highest BCUT2D eigenvalue weighted by Gasteiger charge is 2.39. The Kier molecular flexibility index (Phi) is 26.3. The van der Waals surface area contributed by atoms with Crippen LogP contribution in [0.4, 0.5) is 9.59 Å². The quantitative estimate of drug-likeness (QED) is 0.0837. The molecule has 0 radical (unpaired) electrons. The first-order valence-electron chi connectivity index (χ1n) is 17.5. The fourth-order valence-corrected chi connectivity index (χ4v) is 5.94. The highest BCUT2D eigenvalue weighted by Crippen LogP contribution is 2.25. The van der Waals surface area contributed by atoms with Crippen molar-refractivity contribution in [2.45, 2.75) is 148 Å². The number of likely N-dealkylation sites (tertiary alicyclic amines) is 1. The number of unbranched alkanes of at least 4 members (excludes halogenated alkanes) is 15. The minimum atomic E-state index is -0.683. The molecule has 1 heterocycles. The lowest BCUT2D eigenvalue weighted by atomic mass is 10.0. The van der Waals surface area contributed by atoms with Gasteiger partial charge in [-0.3, -0.25) is 4.79 Å². The molecule has 3 amide bonds. The smallest absolute Gasteiger partial charge is 0.416 e. The molecule has 0 aromatic heterocycles. The Labute approximate surface area is 286 Å². The topological polar surface area (TPSA) is 94.2 Å². The van der Waals surface area contributed by atoms with E-state index in [4.69, 9.17) is 14.2 Å². The van der Waals surface area contributed by atoms with Crippen LogP contribution < -0.4 is 29.3 Å². The number of amides is 3. The van der Waals surface area contributed by atoms with Gasteiger partial charge in [0.25, 0.3) is 0 Å². The van der Waals surface area contributed by atoms with Crippen LogP contribution in [0.3, 0.4) is 0 Å². The first-order valence-corrected chi connectivity index (χ1v) is 17.5. The number of carbonyl (C=O) groups is 3.